The van der Waals surface area contributed by atoms with Crippen LogP contribution in [0.4, 0.5) is 8.78 Å². The molecule has 10 heteroatoms. The number of sulfonamides is 1. The summed E-state index contributed by atoms with van der Waals surface area (Å²) in [7, 11) is -3.24. The molecule has 0 spiro atoms. The first-order valence-corrected chi connectivity index (χ1v) is 11.6. The van der Waals surface area contributed by atoms with Crippen LogP contribution in [0.25, 0.3) is 11.0 Å². The third-order valence-corrected chi connectivity index (χ3v) is 5.55. The first kappa shape index (κ1) is 22.8. The maximum absolute atomic E-state index is 13.6. The first-order chi connectivity index (χ1) is 14.7. The smallest absolute Gasteiger partial charge is 0.320 e. The predicted octanol–water partition coefficient (Wildman–Crippen LogP) is 3.06. The Labute approximate surface area is 179 Å². The van der Waals surface area contributed by atoms with Gasteiger partial charge in [0.15, 0.2) is 0 Å². The van der Waals surface area contributed by atoms with E-state index in [0.29, 0.717) is 23.0 Å². The van der Waals surface area contributed by atoms with E-state index in [9.17, 15) is 22.0 Å². The van der Waals surface area contributed by atoms with Gasteiger partial charge in [-0.25, -0.2) is 18.1 Å². The summed E-state index contributed by atoms with van der Waals surface area (Å²) in [5.74, 6) is -0.538. The van der Waals surface area contributed by atoms with Crippen LogP contribution in [0.3, 0.4) is 0 Å². The second kappa shape index (κ2) is 9.52. The van der Waals surface area contributed by atoms with E-state index in [1.165, 1.54) is 0 Å². The molecular formula is C21H24F2N4O3S. The molecule has 1 aromatic heterocycles. The van der Waals surface area contributed by atoms with Crippen LogP contribution >= 0.6 is 0 Å². The molecule has 1 amide bonds. The number of nitrogens with zero attached hydrogens (tertiary/aromatic N) is 2. The lowest BCUT2D eigenvalue weighted by Crippen LogP contribution is -2.28. The molecule has 0 aliphatic heterocycles. The Morgan fingerprint density at radius 1 is 1.13 bits per heavy atom. The number of carbonyl (C=O) groups excluding carboxylic acids is 1. The van der Waals surface area contributed by atoms with Gasteiger partial charge in [-0.05, 0) is 36.2 Å². The number of alkyl halides is 2. The van der Waals surface area contributed by atoms with Crippen molar-refractivity contribution in [3.8, 4) is 0 Å². The van der Waals surface area contributed by atoms with E-state index in [1.807, 2.05) is 0 Å². The molecule has 0 saturated carbocycles. The fourth-order valence-electron chi connectivity index (χ4n) is 3.26. The zero-order valence-corrected chi connectivity index (χ0v) is 18.0. The molecule has 0 bridgehead atoms. The summed E-state index contributed by atoms with van der Waals surface area (Å²) in [6.07, 6.45) is 1.59. The highest BCUT2D eigenvalue weighted by Gasteiger charge is 2.22. The maximum Gasteiger partial charge on any atom is 0.320 e. The molecule has 2 aromatic carbocycles. The van der Waals surface area contributed by atoms with Crippen LogP contribution in [0, 0.1) is 0 Å². The molecule has 166 valence electrons. The van der Waals surface area contributed by atoms with Crippen molar-refractivity contribution in [2.75, 3.05) is 19.3 Å². The molecule has 3 rings (SSSR count). The minimum Gasteiger partial charge on any atom is -0.351 e. The van der Waals surface area contributed by atoms with Gasteiger partial charge in [-0.3, -0.25) is 9.36 Å². The number of hydrogen-bond acceptors (Lipinski definition) is 4. The van der Waals surface area contributed by atoms with Crippen LogP contribution in [-0.4, -0.2) is 43.2 Å². The number of para-hydroxylation sites is 2. The Bertz CT molecular complexity index is 1160. The van der Waals surface area contributed by atoms with Crippen molar-refractivity contribution in [3.63, 3.8) is 0 Å². The molecule has 7 nitrogen and oxygen atoms in total. The SMILES string of the molecule is C[C@@H](CNC(=O)c1ccc(CCNS(C)(=O)=O)cc1)c1nc2ccccc2n1C(F)F. The van der Waals surface area contributed by atoms with E-state index in [2.05, 4.69) is 15.0 Å². The molecular weight excluding hydrogens is 426 g/mol. The molecule has 0 aliphatic carbocycles. The van der Waals surface area contributed by atoms with Crippen molar-refractivity contribution < 1.29 is 22.0 Å². The summed E-state index contributed by atoms with van der Waals surface area (Å²) in [5.41, 5.74) is 2.14. The Kier molecular flexibility index (Phi) is 7.01. The van der Waals surface area contributed by atoms with E-state index < -0.39 is 22.5 Å². The van der Waals surface area contributed by atoms with Crippen molar-refractivity contribution in [2.45, 2.75) is 25.8 Å². The lowest BCUT2D eigenvalue weighted by Gasteiger charge is -2.15. The number of imidazole rings is 1. The molecule has 0 radical (unpaired) electrons. The molecule has 1 heterocycles. The molecule has 0 fully saturated rings. The Hall–Kier alpha value is -2.85. The van der Waals surface area contributed by atoms with Gasteiger partial charge in [0.2, 0.25) is 10.0 Å². The standard InChI is InChI=1S/C21H24F2N4O3S/c1-14(19-26-17-5-3-4-6-18(17)27(19)21(22)23)13-24-20(28)16-9-7-15(8-10-16)11-12-25-31(2,29)30/h3-10,14,21,25H,11-13H2,1-2H3,(H,24,28)/t14-/m0/s1. The van der Waals surface area contributed by atoms with Gasteiger partial charge in [0.1, 0.15) is 5.82 Å². The monoisotopic (exact) mass is 450 g/mol. The van der Waals surface area contributed by atoms with Crippen LogP contribution in [0.1, 0.15) is 41.1 Å². The highest BCUT2D eigenvalue weighted by Crippen LogP contribution is 2.27. The van der Waals surface area contributed by atoms with Gasteiger partial charge in [0.25, 0.3) is 5.91 Å². The van der Waals surface area contributed by atoms with Gasteiger partial charge in [0, 0.05) is 24.6 Å². The van der Waals surface area contributed by atoms with Crippen molar-refractivity contribution >= 4 is 27.0 Å². The summed E-state index contributed by atoms with van der Waals surface area (Å²) in [6, 6.07) is 13.5. The number of fused-ring (bicyclic) bond motifs is 1. The third kappa shape index (κ3) is 5.86. The fourth-order valence-corrected chi connectivity index (χ4v) is 3.73. The Balaban J connectivity index is 1.62. The highest BCUT2D eigenvalue weighted by molar-refractivity contribution is 7.88. The molecule has 2 N–H and O–H groups in total. The minimum atomic E-state index is -3.24. The van der Waals surface area contributed by atoms with Gasteiger partial charge in [-0.1, -0.05) is 31.2 Å². The number of aromatic nitrogens is 2. The van der Waals surface area contributed by atoms with E-state index in [1.54, 1.807) is 55.5 Å². The zero-order chi connectivity index (χ0) is 22.6. The topological polar surface area (TPSA) is 93.1 Å². The van der Waals surface area contributed by atoms with Crippen molar-refractivity contribution in [3.05, 3.63) is 65.5 Å². The predicted molar refractivity (Wildman–Crippen MR) is 115 cm³/mol. The molecule has 0 aliphatic rings. The van der Waals surface area contributed by atoms with E-state index in [4.69, 9.17) is 0 Å². The van der Waals surface area contributed by atoms with Gasteiger partial charge in [0.05, 0.1) is 17.3 Å². The summed E-state index contributed by atoms with van der Waals surface area (Å²) in [4.78, 5) is 16.8. The molecule has 3 aromatic rings. The lowest BCUT2D eigenvalue weighted by molar-refractivity contribution is 0.0704. The minimum absolute atomic E-state index is 0.148. The van der Waals surface area contributed by atoms with Crippen LogP contribution in [0.5, 0.6) is 0 Å². The summed E-state index contributed by atoms with van der Waals surface area (Å²) < 4.78 is 52.7. The lowest BCUT2D eigenvalue weighted by atomic mass is 10.1. The van der Waals surface area contributed by atoms with Crippen LogP contribution in [0.15, 0.2) is 48.5 Å². The Morgan fingerprint density at radius 2 is 1.81 bits per heavy atom. The summed E-state index contributed by atoms with van der Waals surface area (Å²) in [5, 5.41) is 2.76. The second-order valence-corrected chi connectivity index (χ2v) is 9.16. The number of nitrogens with one attached hydrogen (secondary N) is 2. The average Bonchev–Trinajstić information content (AvgIpc) is 3.11. The maximum atomic E-state index is 13.6. The van der Waals surface area contributed by atoms with Gasteiger partial charge >= 0.3 is 6.55 Å². The van der Waals surface area contributed by atoms with Gasteiger partial charge in [-0.15, -0.1) is 0 Å². The summed E-state index contributed by atoms with van der Waals surface area (Å²) >= 11 is 0. The molecule has 31 heavy (non-hydrogen) atoms. The van der Waals surface area contributed by atoms with E-state index in [0.717, 1.165) is 16.4 Å². The van der Waals surface area contributed by atoms with Crippen molar-refractivity contribution in [1.82, 2.24) is 19.6 Å². The number of carbonyl (C=O) groups is 1. The quantitative estimate of drug-likeness (QED) is 0.524. The van der Waals surface area contributed by atoms with Crippen LogP contribution in [0.2, 0.25) is 0 Å². The van der Waals surface area contributed by atoms with E-state index in [-0.39, 0.29) is 24.8 Å². The molecule has 1 atom stereocenters. The van der Waals surface area contributed by atoms with Crippen molar-refractivity contribution in [1.29, 1.82) is 0 Å². The normalized spacial score (nSPS) is 12.9. The number of amides is 1. The average molecular weight is 451 g/mol. The number of halogens is 2. The summed E-state index contributed by atoms with van der Waals surface area (Å²) in [6.45, 7) is -0.578. The second-order valence-electron chi connectivity index (χ2n) is 7.33. The van der Waals surface area contributed by atoms with Gasteiger partial charge in [-0.2, -0.15) is 8.78 Å². The zero-order valence-electron chi connectivity index (χ0n) is 17.2. The van der Waals surface area contributed by atoms with Gasteiger partial charge < -0.3 is 5.32 Å². The highest BCUT2D eigenvalue weighted by atomic mass is 32.2. The third-order valence-electron chi connectivity index (χ3n) is 4.82. The van der Waals surface area contributed by atoms with E-state index >= 15 is 0 Å². The largest absolute Gasteiger partial charge is 0.351 e. The number of rotatable bonds is 9. The molecule has 0 saturated heterocycles. The van der Waals surface area contributed by atoms with Crippen molar-refractivity contribution in [2.24, 2.45) is 0 Å². The fraction of sp³-hybridized carbons (Fsp3) is 0.333. The van der Waals surface area contributed by atoms with Crippen LogP contribution < -0.4 is 10.0 Å². The van der Waals surface area contributed by atoms with Crippen LogP contribution in [-0.2, 0) is 16.4 Å². The number of hydrogen-bond donors (Lipinski definition) is 2. The Morgan fingerprint density at radius 3 is 2.45 bits per heavy atom. The molecule has 0 unspecified atom stereocenters. The first-order valence-electron chi connectivity index (χ1n) is 9.72. The number of benzene rings is 2.